The Hall–Kier alpha value is -5.42. The maximum atomic E-state index is 11.1. The van der Waals surface area contributed by atoms with Gasteiger partial charge >= 0.3 is 7.12 Å². The molecule has 0 saturated carbocycles. The van der Waals surface area contributed by atoms with Crippen LogP contribution in [0.2, 0.25) is 0 Å². The van der Waals surface area contributed by atoms with Crippen LogP contribution in [0.15, 0.2) is 121 Å². The summed E-state index contributed by atoms with van der Waals surface area (Å²) in [7, 11) is 5.21. The van der Waals surface area contributed by atoms with Gasteiger partial charge in [-0.3, -0.25) is 0 Å². The lowest BCUT2D eigenvalue weighted by Crippen LogP contribution is -2.41. The van der Waals surface area contributed by atoms with Crippen LogP contribution < -0.4 is 21.9 Å². The lowest BCUT2D eigenvalue weighted by Gasteiger charge is -2.32. The molecule has 1 saturated heterocycles. The number of benzene rings is 8. The predicted octanol–water partition coefficient (Wildman–Crippen LogP) is 5.79. The molecule has 260 valence electrons. The summed E-state index contributed by atoms with van der Waals surface area (Å²) in [5.74, 6) is 0.262. The Morgan fingerprint density at radius 3 is 1.46 bits per heavy atom. The molecule has 8 aromatic carbocycles. The third-order valence-electron chi connectivity index (χ3n) is 12.2. The van der Waals surface area contributed by atoms with Crippen molar-refractivity contribution < 1.29 is 19.5 Å². The zero-order chi connectivity index (χ0) is 37.7. The van der Waals surface area contributed by atoms with Crippen molar-refractivity contribution >= 4 is 95.6 Å². The Bertz CT molecular complexity index is 2740. The van der Waals surface area contributed by atoms with E-state index in [4.69, 9.17) is 9.31 Å². The molecule has 1 aliphatic rings. The fourth-order valence-corrected chi connectivity index (χ4v) is 8.59. The van der Waals surface area contributed by atoms with E-state index < -0.39 is 18.3 Å². The van der Waals surface area contributed by atoms with Crippen LogP contribution in [0.5, 0.6) is 11.5 Å². The Balaban J connectivity index is 1.21. The van der Waals surface area contributed by atoms with Crippen LogP contribution in [-0.2, 0) is 9.31 Å². The molecule has 9 rings (SSSR count). The lowest BCUT2D eigenvalue weighted by atomic mass is 9.70. The molecule has 0 spiro atoms. The fourth-order valence-electron chi connectivity index (χ4n) is 8.59. The van der Waals surface area contributed by atoms with E-state index in [1.54, 1.807) is 7.85 Å². The SMILES string of the molecule is Bc1c(O)c(B)c(-c2c3ccccc3c(-c3ccc(-c4cc5cc(B6OC(C)(C)C(C)(C)O6)ccc5c5ccccc45)cc3)c3ccccc23)c(B)c1O. The number of phenolic OH excluding ortho intramolecular Hbond substituents is 2. The highest BCUT2D eigenvalue weighted by Crippen LogP contribution is 2.44. The number of phenols is 2. The van der Waals surface area contributed by atoms with Crippen molar-refractivity contribution in [3.8, 4) is 44.9 Å². The topological polar surface area (TPSA) is 58.9 Å². The second-order valence-corrected chi connectivity index (χ2v) is 15.9. The van der Waals surface area contributed by atoms with Crippen molar-refractivity contribution in [2.24, 2.45) is 0 Å². The second-order valence-electron chi connectivity index (χ2n) is 15.9. The second kappa shape index (κ2) is 12.3. The van der Waals surface area contributed by atoms with E-state index in [1.165, 1.54) is 21.7 Å². The summed E-state index contributed by atoms with van der Waals surface area (Å²) >= 11 is 0. The van der Waals surface area contributed by atoms with Crippen molar-refractivity contribution in [2.45, 2.75) is 38.9 Å². The van der Waals surface area contributed by atoms with Gasteiger partial charge in [0.25, 0.3) is 0 Å². The summed E-state index contributed by atoms with van der Waals surface area (Å²) in [6, 6.07) is 43.4. The maximum Gasteiger partial charge on any atom is 0.494 e. The van der Waals surface area contributed by atoms with Gasteiger partial charge in [-0.05, 0) is 132 Å². The van der Waals surface area contributed by atoms with E-state index in [1.807, 2.05) is 15.7 Å². The van der Waals surface area contributed by atoms with Gasteiger partial charge in [0.1, 0.15) is 35.0 Å². The van der Waals surface area contributed by atoms with Gasteiger partial charge in [-0.1, -0.05) is 115 Å². The molecular weight excluding hydrogens is 660 g/mol. The van der Waals surface area contributed by atoms with Gasteiger partial charge in [-0.2, -0.15) is 0 Å². The summed E-state index contributed by atoms with van der Waals surface area (Å²) < 4.78 is 12.9. The Kier molecular flexibility index (Phi) is 7.83. The van der Waals surface area contributed by atoms with Gasteiger partial charge in [0.05, 0.1) is 11.2 Å². The van der Waals surface area contributed by atoms with E-state index in [2.05, 4.69) is 149 Å². The highest BCUT2D eigenvalue weighted by Gasteiger charge is 2.51. The minimum Gasteiger partial charge on any atom is -0.509 e. The largest absolute Gasteiger partial charge is 0.509 e. The normalized spacial score (nSPS) is 15.1. The predicted molar refractivity (Wildman–Crippen MR) is 236 cm³/mol. The smallest absolute Gasteiger partial charge is 0.494 e. The first kappa shape index (κ1) is 34.4. The molecular formula is C46H40B4O4. The molecule has 0 bridgehead atoms. The van der Waals surface area contributed by atoms with Crippen LogP contribution in [0.4, 0.5) is 0 Å². The maximum absolute atomic E-state index is 11.1. The molecule has 1 heterocycles. The number of rotatable bonds is 4. The summed E-state index contributed by atoms with van der Waals surface area (Å²) in [5.41, 5.74) is 8.70. The highest BCUT2D eigenvalue weighted by atomic mass is 16.7. The van der Waals surface area contributed by atoms with Gasteiger partial charge in [0.2, 0.25) is 0 Å². The summed E-state index contributed by atoms with van der Waals surface area (Å²) in [6.07, 6.45) is 0. The standard InChI is InChI=1S/C46H40B4O4/c1-45(2)46(3,4)54-50(53-45)28-21-22-29-27(23-28)24-36(31-12-6-5-11-30(29)31)25-17-19-26(20-18-25)37-32-13-7-9-15-34(32)38(35-16-10-8-14-33(35)37)39-40(47)43(51)42(49)44(52)41(39)48/h5-24,51-52H,47-49H2,1-4H3. The quantitative estimate of drug-likeness (QED) is 0.139. The molecule has 4 nitrogen and oxygen atoms in total. The van der Waals surface area contributed by atoms with E-state index in [0.717, 1.165) is 71.1 Å². The first-order valence-corrected chi connectivity index (χ1v) is 18.7. The number of fused-ring (bicyclic) bond motifs is 5. The van der Waals surface area contributed by atoms with Crippen LogP contribution in [0.3, 0.4) is 0 Å². The van der Waals surface area contributed by atoms with Crippen molar-refractivity contribution in [3.05, 3.63) is 121 Å². The van der Waals surface area contributed by atoms with Crippen molar-refractivity contribution in [3.63, 3.8) is 0 Å². The molecule has 0 unspecified atom stereocenters. The average Bonchev–Trinajstić information content (AvgIpc) is 3.41. The van der Waals surface area contributed by atoms with Gasteiger partial charge in [-0.25, -0.2) is 0 Å². The number of aromatic hydroxyl groups is 2. The van der Waals surface area contributed by atoms with Gasteiger partial charge < -0.3 is 19.5 Å². The minimum absolute atomic E-state index is 0.131. The van der Waals surface area contributed by atoms with Gasteiger partial charge in [0.15, 0.2) is 0 Å². The molecule has 0 amide bonds. The zero-order valence-electron chi connectivity index (χ0n) is 31.8. The molecule has 1 fully saturated rings. The Labute approximate surface area is 319 Å². The van der Waals surface area contributed by atoms with Gasteiger partial charge in [0, 0.05) is 0 Å². The average molecular weight is 700 g/mol. The van der Waals surface area contributed by atoms with E-state index in [9.17, 15) is 10.2 Å². The molecule has 54 heavy (non-hydrogen) atoms. The summed E-state index contributed by atoms with van der Waals surface area (Å²) in [4.78, 5) is 0. The van der Waals surface area contributed by atoms with E-state index in [-0.39, 0.29) is 11.5 Å². The number of hydrogen-bond donors (Lipinski definition) is 2. The van der Waals surface area contributed by atoms with Crippen LogP contribution in [0, 0.1) is 0 Å². The molecule has 2 N–H and O–H groups in total. The molecule has 1 aliphatic heterocycles. The first-order chi connectivity index (χ1) is 25.9. The number of hydrogen-bond acceptors (Lipinski definition) is 4. The third kappa shape index (κ3) is 5.11. The molecule has 8 aromatic rings. The Morgan fingerprint density at radius 2 is 0.926 bits per heavy atom. The molecule has 0 aliphatic carbocycles. The van der Waals surface area contributed by atoms with E-state index >= 15 is 0 Å². The summed E-state index contributed by atoms with van der Waals surface area (Å²) in [5, 5.41) is 31.3. The fraction of sp³-hybridized carbons (Fsp3) is 0.130. The van der Waals surface area contributed by atoms with Crippen molar-refractivity contribution in [1.82, 2.24) is 0 Å². The zero-order valence-corrected chi connectivity index (χ0v) is 31.8. The van der Waals surface area contributed by atoms with Crippen LogP contribution in [0.1, 0.15) is 27.7 Å². The van der Waals surface area contributed by atoms with E-state index in [0.29, 0.717) is 5.46 Å². The molecule has 0 aromatic heterocycles. The molecule has 0 atom stereocenters. The highest BCUT2D eigenvalue weighted by molar-refractivity contribution is 6.62. The van der Waals surface area contributed by atoms with Crippen LogP contribution in [0.25, 0.3) is 76.5 Å². The first-order valence-electron chi connectivity index (χ1n) is 18.7. The summed E-state index contributed by atoms with van der Waals surface area (Å²) in [6.45, 7) is 8.36. The Morgan fingerprint density at radius 1 is 0.463 bits per heavy atom. The molecule has 8 heteroatoms. The van der Waals surface area contributed by atoms with Gasteiger partial charge in [-0.15, -0.1) is 0 Å². The lowest BCUT2D eigenvalue weighted by molar-refractivity contribution is 0.00578. The third-order valence-corrected chi connectivity index (χ3v) is 12.2. The minimum atomic E-state index is -0.431. The van der Waals surface area contributed by atoms with Crippen LogP contribution >= 0.6 is 0 Å². The van der Waals surface area contributed by atoms with Crippen LogP contribution in [-0.4, -0.2) is 52.1 Å². The van der Waals surface area contributed by atoms with Crippen molar-refractivity contribution in [2.75, 3.05) is 0 Å². The molecule has 0 radical (unpaired) electrons. The monoisotopic (exact) mass is 700 g/mol. The van der Waals surface area contributed by atoms with Crippen molar-refractivity contribution in [1.29, 1.82) is 0 Å².